The maximum Gasteiger partial charge on any atom is 0.251 e. The Morgan fingerprint density at radius 3 is 2.35 bits per heavy atom. The maximum atomic E-state index is 12.3. The van der Waals surface area contributed by atoms with Crippen molar-refractivity contribution >= 4 is 23.2 Å². The van der Waals surface area contributed by atoms with Crippen LogP contribution in [0.5, 0.6) is 5.75 Å². The third kappa shape index (κ3) is 9.55. The number of anilines is 2. The van der Waals surface area contributed by atoms with E-state index in [2.05, 4.69) is 22.9 Å². The van der Waals surface area contributed by atoms with E-state index in [0.29, 0.717) is 17.9 Å². The molecule has 3 N–H and O–H groups in total. The highest BCUT2D eigenvalue weighted by Gasteiger charge is 2.15. The van der Waals surface area contributed by atoms with Gasteiger partial charge in [-0.15, -0.1) is 0 Å². The van der Waals surface area contributed by atoms with Gasteiger partial charge in [0.05, 0.1) is 13.2 Å². The van der Waals surface area contributed by atoms with Crippen LogP contribution in [0.25, 0.3) is 0 Å². The third-order valence-electron chi connectivity index (χ3n) is 4.47. The standard InChI is InChI=1S/C25H35N3O3/c1-5-6-7-8-16-31-22-11-9-10-21(17-22)27-23(29)18-26-20-14-12-19(13-15-20)24(30)28-25(2,3)4/h9-15,17,26H,5-8,16,18H2,1-4H3,(H,27,29)(H,28,30). The van der Waals surface area contributed by atoms with E-state index in [-0.39, 0.29) is 23.9 Å². The van der Waals surface area contributed by atoms with Crippen LogP contribution in [0, 0.1) is 0 Å². The Balaban J connectivity index is 1.79. The van der Waals surface area contributed by atoms with Crippen LogP contribution in [0.2, 0.25) is 0 Å². The molecule has 0 aliphatic heterocycles. The molecule has 2 rings (SSSR count). The molecule has 0 heterocycles. The fourth-order valence-corrected chi connectivity index (χ4v) is 2.92. The van der Waals surface area contributed by atoms with Crippen molar-refractivity contribution < 1.29 is 14.3 Å². The monoisotopic (exact) mass is 425 g/mol. The zero-order valence-corrected chi connectivity index (χ0v) is 19.1. The second-order valence-corrected chi connectivity index (χ2v) is 8.62. The van der Waals surface area contributed by atoms with E-state index in [0.717, 1.165) is 17.9 Å². The summed E-state index contributed by atoms with van der Waals surface area (Å²) in [5.41, 5.74) is 1.76. The normalized spacial score (nSPS) is 11.0. The van der Waals surface area contributed by atoms with Gasteiger partial charge in [0.25, 0.3) is 5.91 Å². The summed E-state index contributed by atoms with van der Waals surface area (Å²) in [7, 11) is 0. The van der Waals surface area contributed by atoms with E-state index >= 15 is 0 Å². The van der Waals surface area contributed by atoms with Gasteiger partial charge < -0.3 is 20.7 Å². The summed E-state index contributed by atoms with van der Waals surface area (Å²) in [6.07, 6.45) is 4.62. The lowest BCUT2D eigenvalue weighted by Gasteiger charge is -2.20. The van der Waals surface area contributed by atoms with Gasteiger partial charge in [-0.1, -0.05) is 32.3 Å². The van der Waals surface area contributed by atoms with Crippen LogP contribution in [-0.4, -0.2) is 30.5 Å². The van der Waals surface area contributed by atoms with Crippen LogP contribution >= 0.6 is 0 Å². The van der Waals surface area contributed by atoms with Crippen LogP contribution < -0.4 is 20.7 Å². The van der Waals surface area contributed by atoms with Gasteiger partial charge in [0, 0.05) is 28.5 Å². The number of amides is 2. The lowest BCUT2D eigenvalue weighted by Crippen LogP contribution is -2.40. The van der Waals surface area contributed by atoms with E-state index in [4.69, 9.17) is 4.74 Å². The molecular formula is C25H35N3O3. The molecule has 0 aliphatic carbocycles. The number of rotatable bonds is 11. The minimum Gasteiger partial charge on any atom is -0.494 e. The number of unbranched alkanes of at least 4 members (excludes halogenated alkanes) is 3. The highest BCUT2D eigenvalue weighted by Crippen LogP contribution is 2.18. The molecule has 0 atom stereocenters. The van der Waals surface area contributed by atoms with E-state index in [1.807, 2.05) is 45.0 Å². The summed E-state index contributed by atoms with van der Waals surface area (Å²) in [4.78, 5) is 24.5. The lowest BCUT2D eigenvalue weighted by molar-refractivity contribution is -0.114. The summed E-state index contributed by atoms with van der Waals surface area (Å²) in [6, 6.07) is 14.5. The van der Waals surface area contributed by atoms with E-state index in [9.17, 15) is 9.59 Å². The lowest BCUT2D eigenvalue weighted by atomic mass is 10.1. The van der Waals surface area contributed by atoms with Crippen molar-refractivity contribution in [1.82, 2.24) is 5.32 Å². The Kier molecular flexibility index (Phi) is 9.38. The summed E-state index contributed by atoms with van der Waals surface area (Å²) in [5.74, 6) is 0.477. The molecule has 0 aromatic heterocycles. The van der Waals surface area contributed by atoms with Crippen molar-refractivity contribution in [2.24, 2.45) is 0 Å². The number of carbonyl (C=O) groups excluding carboxylic acids is 2. The van der Waals surface area contributed by atoms with Gasteiger partial charge in [0.1, 0.15) is 5.75 Å². The van der Waals surface area contributed by atoms with Crippen LogP contribution in [0.4, 0.5) is 11.4 Å². The molecule has 0 bridgehead atoms. The number of benzene rings is 2. The quantitative estimate of drug-likeness (QED) is 0.431. The number of carbonyl (C=O) groups is 2. The molecule has 2 amide bonds. The van der Waals surface area contributed by atoms with Crippen molar-refractivity contribution in [3.63, 3.8) is 0 Å². The molecule has 0 unspecified atom stereocenters. The number of hydrogen-bond donors (Lipinski definition) is 3. The molecule has 168 valence electrons. The molecule has 0 spiro atoms. The Morgan fingerprint density at radius 2 is 1.68 bits per heavy atom. The minimum atomic E-state index is -0.288. The summed E-state index contributed by atoms with van der Waals surface area (Å²) < 4.78 is 5.77. The highest BCUT2D eigenvalue weighted by atomic mass is 16.5. The third-order valence-corrected chi connectivity index (χ3v) is 4.47. The molecule has 6 heteroatoms. The van der Waals surface area contributed by atoms with E-state index in [1.165, 1.54) is 19.3 Å². The molecule has 0 fully saturated rings. The maximum absolute atomic E-state index is 12.3. The van der Waals surface area contributed by atoms with Gasteiger partial charge in [-0.05, 0) is 63.6 Å². The van der Waals surface area contributed by atoms with Gasteiger partial charge in [0.2, 0.25) is 5.91 Å². The second kappa shape index (κ2) is 12.0. The Hall–Kier alpha value is -3.02. The minimum absolute atomic E-state index is 0.121. The van der Waals surface area contributed by atoms with Gasteiger partial charge >= 0.3 is 0 Å². The van der Waals surface area contributed by atoms with Gasteiger partial charge in [0.15, 0.2) is 0 Å². The molecule has 0 aliphatic rings. The van der Waals surface area contributed by atoms with Crippen molar-refractivity contribution in [2.45, 2.75) is 58.9 Å². The number of nitrogens with one attached hydrogen (secondary N) is 3. The molecule has 6 nitrogen and oxygen atoms in total. The van der Waals surface area contributed by atoms with Crippen LogP contribution in [0.15, 0.2) is 48.5 Å². The molecule has 0 radical (unpaired) electrons. The first-order valence-corrected chi connectivity index (χ1v) is 11.0. The molecule has 2 aromatic carbocycles. The van der Waals surface area contributed by atoms with Crippen molar-refractivity contribution in [1.29, 1.82) is 0 Å². The number of ether oxygens (including phenoxy) is 1. The fourth-order valence-electron chi connectivity index (χ4n) is 2.92. The largest absolute Gasteiger partial charge is 0.494 e. The first-order valence-electron chi connectivity index (χ1n) is 11.0. The average molecular weight is 426 g/mol. The summed E-state index contributed by atoms with van der Waals surface area (Å²) in [6.45, 7) is 8.81. The zero-order chi connectivity index (χ0) is 22.7. The van der Waals surface area contributed by atoms with E-state index < -0.39 is 0 Å². The Morgan fingerprint density at radius 1 is 0.935 bits per heavy atom. The van der Waals surface area contributed by atoms with Crippen LogP contribution in [0.1, 0.15) is 63.7 Å². The Labute approximate surface area is 185 Å². The summed E-state index contributed by atoms with van der Waals surface area (Å²) in [5, 5.41) is 8.87. The molecule has 2 aromatic rings. The molecule has 0 saturated carbocycles. The van der Waals surface area contributed by atoms with Gasteiger partial charge in [-0.3, -0.25) is 9.59 Å². The zero-order valence-electron chi connectivity index (χ0n) is 19.1. The van der Waals surface area contributed by atoms with E-state index in [1.54, 1.807) is 24.3 Å². The smallest absolute Gasteiger partial charge is 0.251 e. The average Bonchev–Trinajstić information content (AvgIpc) is 2.71. The SMILES string of the molecule is CCCCCCOc1cccc(NC(=O)CNc2ccc(C(=O)NC(C)(C)C)cc2)c1. The van der Waals surface area contributed by atoms with Crippen molar-refractivity contribution in [3.8, 4) is 5.75 Å². The van der Waals surface area contributed by atoms with Gasteiger partial charge in [-0.25, -0.2) is 0 Å². The fraction of sp³-hybridized carbons (Fsp3) is 0.440. The second-order valence-electron chi connectivity index (χ2n) is 8.62. The topological polar surface area (TPSA) is 79.5 Å². The number of hydrogen-bond acceptors (Lipinski definition) is 4. The highest BCUT2D eigenvalue weighted by molar-refractivity contribution is 5.95. The Bertz CT molecular complexity index is 842. The summed E-state index contributed by atoms with van der Waals surface area (Å²) >= 11 is 0. The van der Waals surface area contributed by atoms with Crippen molar-refractivity contribution in [2.75, 3.05) is 23.8 Å². The first kappa shape index (κ1) is 24.3. The van der Waals surface area contributed by atoms with Gasteiger partial charge in [-0.2, -0.15) is 0 Å². The van der Waals surface area contributed by atoms with Crippen LogP contribution in [0.3, 0.4) is 0 Å². The predicted octanol–water partition coefficient (Wildman–Crippen LogP) is 5.22. The predicted molar refractivity (Wildman–Crippen MR) is 127 cm³/mol. The van der Waals surface area contributed by atoms with Crippen LogP contribution in [-0.2, 0) is 4.79 Å². The molecule has 31 heavy (non-hydrogen) atoms. The van der Waals surface area contributed by atoms with Crippen molar-refractivity contribution in [3.05, 3.63) is 54.1 Å². The first-order chi connectivity index (χ1) is 14.8. The molecular weight excluding hydrogens is 390 g/mol. The molecule has 0 saturated heterocycles.